The predicted octanol–water partition coefficient (Wildman–Crippen LogP) is 1.95. The smallest absolute Gasteiger partial charge is 0.280 e. The molecule has 0 saturated carbocycles. The molecule has 2 fully saturated rings. The summed E-state index contributed by atoms with van der Waals surface area (Å²) in [6, 6.07) is -0.743. The summed E-state index contributed by atoms with van der Waals surface area (Å²) in [5.74, 6) is -3.20. The monoisotopic (exact) mass is 305 g/mol. The minimum Gasteiger partial charge on any atom is -0.347 e. The molecule has 2 rings (SSSR count). The second-order valence-corrected chi connectivity index (χ2v) is 5.81. The Morgan fingerprint density at radius 1 is 1.14 bits per heavy atom. The van der Waals surface area contributed by atoms with Crippen LogP contribution in [0.4, 0.5) is 8.78 Å². The fraction of sp³-hybridized carbons (Fsp3) is 0.933. The van der Waals surface area contributed by atoms with Crippen LogP contribution in [0, 0.1) is 0 Å². The molecule has 6 heteroatoms. The summed E-state index contributed by atoms with van der Waals surface area (Å²) in [5, 5.41) is 2.38. The van der Waals surface area contributed by atoms with Gasteiger partial charge in [-0.2, -0.15) is 0 Å². The van der Waals surface area contributed by atoms with Gasteiger partial charge in [0, 0.05) is 19.5 Å². The maximum atomic E-state index is 14.0. The van der Waals surface area contributed by atoms with Gasteiger partial charge in [0.1, 0.15) is 0 Å². The lowest BCUT2D eigenvalue weighted by atomic mass is 9.95. The van der Waals surface area contributed by atoms with Gasteiger partial charge in [0.05, 0.1) is 12.6 Å². The van der Waals surface area contributed by atoms with Crippen molar-refractivity contribution < 1.29 is 13.6 Å². The van der Waals surface area contributed by atoms with Crippen LogP contribution in [-0.4, -0.2) is 66.9 Å². The van der Waals surface area contributed by atoms with Crippen molar-refractivity contribution in [3.63, 3.8) is 0 Å². The van der Waals surface area contributed by atoms with E-state index in [0.717, 1.165) is 25.9 Å². The van der Waals surface area contributed by atoms with E-state index in [0.29, 0.717) is 13.0 Å². The molecule has 0 bridgehead atoms. The highest BCUT2D eigenvalue weighted by atomic mass is 19.3. The Kier molecular flexibility index (Phi) is 7.00. The molecule has 2 saturated heterocycles. The molecule has 0 radical (unpaired) electrons. The van der Waals surface area contributed by atoms with Crippen LogP contribution >= 0.6 is 0 Å². The van der Waals surface area contributed by atoms with E-state index >= 15 is 0 Å². The molecule has 1 unspecified atom stereocenters. The lowest BCUT2D eigenvalue weighted by molar-refractivity contribution is -0.131. The van der Waals surface area contributed by atoms with Crippen molar-refractivity contribution in [3.05, 3.63) is 0 Å². The minimum atomic E-state index is -2.83. The molecule has 21 heavy (non-hydrogen) atoms. The van der Waals surface area contributed by atoms with E-state index in [-0.39, 0.29) is 18.5 Å². The van der Waals surface area contributed by atoms with E-state index < -0.39 is 12.0 Å². The molecule has 2 heterocycles. The Morgan fingerprint density at radius 2 is 1.71 bits per heavy atom. The summed E-state index contributed by atoms with van der Waals surface area (Å²) in [7, 11) is 2.06. The summed E-state index contributed by atoms with van der Waals surface area (Å²) in [5.41, 5.74) is 0. The van der Waals surface area contributed by atoms with Crippen LogP contribution in [0.25, 0.3) is 0 Å². The van der Waals surface area contributed by atoms with Crippen LogP contribution in [0.5, 0.6) is 0 Å². The van der Waals surface area contributed by atoms with Crippen molar-refractivity contribution in [3.8, 4) is 0 Å². The number of halogens is 2. The van der Waals surface area contributed by atoms with Gasteiger partial charge in [-0.1, -0.05) is 13.8 Å². The first-order chi connectivity index (χ1) is 9.88. The quantitative estimate of drug-likeness (QED) is 0.847. The van der Waals surface area contributed by atoms with E-state index in [1.165, 1.54) is 6.92 Å². The molecule has 0 aromatic heterocycles. The van der Waals surface area contributed by atoms with E-state index in [9.17, 15) is 13.6 Å². The number of hydrogen-bond acceptors (Lipinski definition) is 3. The largest absolute Gasteiger partial charge is 0.347 e. The SMILES string of the molecule is CC.CC(=O)NC1CCN(C2CCN(C)CC2)CC1(F)F. The number of likely N-dealkylation sites (tertiary alicyclic amines) is 2. The Labute approximate surface area is 126 Å². The molecular weight excluding hydrogens is 276 g/mol. The fourth-order valence-electron chi connectivity index (χ4n) is 3.06. The Morgan fingerprint density at radius 3 is 2.19 bits per heavy atom. The van der Waals surface area contributed by atoms with E-state index in [1.807, 2.05) is 18.7 Å². The molecule has 2 aliphatic heterocycles. The summed E-state index contributed by atoms with van der Waals surface area (Å²) in [6.07, 6.45) is 2.24. The normalized spacial score (nSPS) is 27.6. The lowest BCUT2D eigenvalue weighted by Gasteiger charge is -2.44. The Hall–Kier alpha value is -0.750. The molecule has 0 aliphatic carbocycles. The molecule has 1 N–H and O–H groups in total. The van der Waals surface area contributed by atoms with Gasteiger partial charge >= 0.3 is 0 Å². The van der Waals surface area contributed by atoms with Gasteiger partial charge in [-0.05, 0) is 39.4 Å². The molecule has 1 amide bonds. The van der Waals surface area contributed by atoms with Gasteiger partial charge < -0.3 is 10.2 Å². The summed E-state index contributed by atoms with van der Waals surface area (Å²) in [6.45, 7) is 7.66. The second kappa shape index (κ2) is 8.03. The van der Waals surface area contributed by atoms with Crippen molar-refractivity contribution in [1.29, 1.82) is 0 Å². The number of carbonyl (C=O) groups is 1. The highest BCUT2D eigenvalue weighted by Crippen LogP contribution is 2.30. The third kappa shape index (κ3) is 5.18. The summed E-state index contributed by atoms with van der Waals surface area (Å²) >= 11 is 0. The highest BCUT2D eigenvalue weighted by Gasteiger charge is 2.46. The second-order valence-electron chi connectivity index (χ2n) is 5.81. The number of nitrogens with zero attached hydrogens (tertiary/aromatic N) is 2. The average Bonchev–Trinajstić information content (AvgIpc) is 2.43. The highest BCUT2D eigenvalue weighted by molar-refractivity contribution is 5.73. The summed E-state index contributed by atoms with van der Waals surface area (Å²) < 4.78 is 28.1. The van der Waals surface area contributed by atoms with Gasteiger partial charge in [-0.25, -0.2) is 8.78 Å². The number of rotatable bonds is 2. The van der Waals surface area contributed by atoms with Crippen LogP contribution in [0.1, 0.15) is 40.0 Å². The van der Waals surface area contributed by atoms with Crippen LogP contribution in [0.3, 0.4) is 0 Å². The molecular formula is C15H29F2N3O. The van der Waals surface area contributed by atoms with Gasteiger partial charge in [0.15, 0.2) is 0 Å². The van der Waals surface area contributed by atoms with Gasteiger partial charge in [0.2, 0.25) is 5.91 Å². The molecule has 0 spiro atoms. The number of alkyl halides is 2. The molecule has 0 aromatic rings. The van der Waals surface area contributed by atoms with Crippen molar-refractivity contribution in [2.75, 3.05) is 33.2 Å². The van der Waals surface area contributed by atoms with Gasteiger partial charge in [0.25, 0.3) is 5.92 Å². The predicted molar refractivity (Wildman–Crippen MR) is 80.6 cm³/mol. The number of amides is 1. The summed E-state index contributed by atoms with van der Waals surface area (Å²) in [4.78, 5) is 15.1. The van der Waals surface area contributed by atoms with E-state index in [2.05, 4.69) is 17.3 Å². The zero-order chi connectivity index (χ0) is 16.0. The number of nitrogens with one attached hydrogen (secondary N) is 1. The Balaban J connectivity index is 0.00000106. The van der Waals surface area contributed by atoms with E-state index in [4.69, 9.17) is 0 Å². The van der Waals surface area contributed by atoms with Crippen molar-refractivity contribution in [1.82, 2.24) is 15.1 Å². The maximum Gasteiger partial charge on any atom is 0.280 e. The molecule has 0 aromatic carbocycles. The number of carbonyl (C=O) groups excluding carboxylic acids is 1. The zero-order valence-electron chi connectivity index (χ0n) is 13.7. The fourth-order valence-corrected chi connectivity index (χ4v) is 3.06. The molecule has 2 aliphatic rings. The van der Waals surface area contributed by atoms with Crippen LogP contribution in [0.15, 0.2) is 0 Å². The number of hydrogen-bond donors (Lipinski definition) is 1. The van der Waals surface area contributed by atoms with Crippen LogP contribution < -0.4 is 5.32 Å². The first kappa shape index (κ1) is 18.3. The minimum absolute atomic E-state index is 0.230. The molecule has 4 nitrogen and oxygen atoms in total. The first-order valence-electron chi connectivity index (χ1n) is 7.96. The molecule has 124 valence electrons. The Bertz CT molecular complexity index is 331. The zero-order valence-corrected chi connectivity index (χ0v) is 13.7. The first-order valence-corrected chi connectivity index (χ1v) is 7.96. The van der Waals surface area contributed by atoms with Crippen molar-refractivity contribution in [2.24, 2.45) is 0 Å². The van der Waals surface area contributed by atoms with Crippen molar-refractivity contribution in [2.45, 2.75) is 58.0 Å². The lowest BCUT2D eigenvalue weighted by Crippen LogP contribution is -2.60. The van der Waals surface area contributed by atoms with Crippen molar-refractivity contribution >= 4 is 5.91 Å². The molecule has 1 atom stereocenters. The van der Waals surface area contributed by atoms with Crippen LogP contribution in [0.2, 0.25) is 0 Å². The van der Waals surface area contributed by atoms with Gasteiger partial charge in [-0.15, -0.1) is 0 Å². The van der Waals surface area contributed by atoms with Crippen LogP contribution in [-0.2, 0) is 4.79 Å². The number of piperidine rings is 2. The van der Waals surface area contributed by atoms with E-state index in [1.54, 1.807) is 0 Å². The third-order valence-corrected chi connectivity index (χ3v) is 4.21. The van der Waals surface area contributed by atoms with Gasteiger partial charge in [-0.3, -0.25) is 9.69 Å². The maximum absolute atomic E-state index is 14.0. The standard InChI is InChI=1S/C13H23F2N3O.C2H6/c1-10(19)16-12-5-8-18(9-13(12,14)15)11-3-6-17(2)7-4-11;1-2/h11-12H,3-9H2,1-2H3,(H,16,19);1-2H3. The topological polar surface area (TPSA) is 35.6 Å². The third-order valence-electron chi connectivity index (χ3n) is 4.21. The average molecular weight is 305 g/mol.